The van der Waals surface area contributed by atoms with Crippen LogP contribution in [0.1, 0.15) is 20.3 Å². The molecule has 0 saturated carbocycles. The Balaban J connectivity index is 2.24. The second-order valence-corrected chi connectivity index (χ2v) is 6.52. The van der Waals surface area contributed by atoms with Crippen LogP contribution in [-0.2, 0) is 0 Å². The Morgan fingerprint density at radius 1 is 1.29 bits per heavy atom. The number of aliphatic hydroxyl groups is 1. The van der Waals surface area contributed by atoms with Gasteiger partial charge in [-0.1, -0.05) is 32.0 Å². The zero-order valence-electron chi connectivity index (χ0n) is 10.6. The summed E-state index contributed by atoms with van der Waals surface area (Å²) in [6.45, 7) is 4.68. The molecule has 1 aliphatic heterocycles. The van der Waals surface area contributed by atoms with Crippen molar-refractivity contribution in [1.29, 1.82) is 0 Å². The highest BCUT2D eigenvalue weighted by Gasteiger charge is 2.46. The molecule has 1 unspecified atom stereocenters. The van der Waals surface area contributed by atoms with E-state index in [-0.39, 0.29) is 17.6 Å². The number of nitrogens with one attached hydrogen (secondary N) is 1. The van der Waals surface area contributed by atoms with Crippen LogP contribution in [0.2, 0.25) is 0 Å². The Labute approximate surface area is 108 Å². The minimum absolute atomic E-state index is 0.114. The SMILES string of the molecule is CC1(C)CCSCC1(CO)Nc1ccccc1. The molecule has 0 amide bonds. The second-order valence-electron chi connectivity index (χ2n) is 5.42. The molecule has 2 N–H and O–H groups in total. The van der Waals surface area contributed by atoms with Gasteiger partial charge in [0.2, 0.25) is 0 Å². The lowest BCUT2D eigenvalue weighted by Crippen LogP contribution is -2.58. The number of rotatable bonds is 3. The molecule has 0 aromatic heterocycles. The van der Waals surface area contributed by atoms with Crippen LogP contribution in [0.25, 0.3) is 0 Å². The van der Waals surface area contributed by atoms with Crippen molar-refractivity contribution in [2.75, 3.05) is 23.4 Å². The van der Waals surface area contributed by atoms with Crippen LogP contribution >= 0.6 is 11.8 Å². The first-order valence-corrected chi connectivity index (χ1v) is 7.27. The predicted octanol–water partition coefficient (Wildman–Crippen LogP) is 2.99. The first-order chi connectivity index (χ1) is 8.10. The number of para-hydroxylation sites is 1. The van der Waals surface area contributed by atoms with E-state index in [4.69, 9.17) is 0 Å². The summed E-state index contributed by atoms with van der Waals surface area (Å²) in [7, 11) is 0. The van der Waals surface area contributed by atoms with Gasteiger partial charge in [-0.25, -0.2) is 0 Å². The molecule has 1 aromatic carbocycles. The fraction of sp³-hybridized carbons (Fsp3) is 0.571. The molecule has 0 aliphatic carbocycles. The molecule has 0 radical (unpaired) electrons. The molecule has 17 heavy (non-hydrogen) atoms. The van der Waals surface area contributed by atoms with E-state index in [2.05, 4.69) is 31.3 Å². The Hall–Kier alpha value is -0.670. The zero-order valence-corrected chi connectivity index (χ0v) is 11.4. The van der Waals surface area contributed by atoms with Crippen LogP contribution < -0.4 is 5.32 Å². The van der Waals surface area contributed by atoms with Crippen LogP contribution in [-0.4, -0.2) is 28.8 Å². The number of hydrogen-bond acceptors (Lipinski definition) is 3. The maximum absolute atomic E-state index is 9.86. The highest BCUT2D eigenvalue weighted by atomic mass is 32.2. The van der Waals surface area contributed by atoms with Crippen molar-refractivity contribution in [3.63, 3.8) is 0 Å². The van der Waals surface area contributed by atoms with Gasteiger partial charge < -0.3 is 10.4 Å². The molecule has 3 heteroatoms. The fourth-order valence-corrected chi connectivity index (χ4v) is 4.01. The summed E-state index contributed by atoms with van der Waals surface area (Å²) in [4.78, 5) is 0. The van der Waals surface area contributed by atoms with E-state index in [0.29, 0.717) is 0 Å². The number of anilines is 1. The van der Waals surface area contributed by atoms with Gasteiger partial charge in [-0.3, -0.25) is 0 Å². The molecule has 1 atom stereocenters. The van der Waals surface area contributed by atoms with Gasteiger partial charge in [-0.05, 0) is 29.7 Å². The minimum atomic E-state index is -0.211. The van der Waals surface area contributed by atoms with Crippen molar-refractivity contribution >= 4 is 17.4 Å². The van der Waals surface area contributed by atoms with Gasteiger partial charge in [-0.15, -0.1) is 0 Å². The average Bonchev–Trinajstić information content (AvgIpc) is 2.33. The number of hydrogen-bond donors (Lipinski definition) is 2. The van der Waals surface area contributed by atoms with Crippen molar-refractivity contribution in [3.8, 4) is 0 Å². The third-order valence-electron chi connectivity index (χ3n) is 3.94. The van der Waals surface area contributed by atoms with Crippen molar-refractivity contribution in [2.24, 2.45) is 5.41 Å². The Morgan fingerprint density at radius 2 is 2.00 bits per heavy atom. The van der Waals surface area contributed by atoms with Crippen LogP contribution in [0.4, 0.5) is 5.69 Å². The summed E-state index contributed by atoms with van der Waals surface area (Å²) in [5, 5.41) is 13.4. The predicted molar refractivity (Wildman–Crippen MR) is 75.6 cm³/mol. The normalized spacial score (nSPS) is 27.7. The average molecular weight is 251 g/mol. The van der Waals surface area contributed by atoms with Crippen LogP contribution in [0, 0.1) is 5.41 Å². The van der Waals surface area contributed by atoms with Crippen LogP contribution in [0.5, 0.6) is 0 Å². The maximum atomic E-state index is 9.86. The Kier molecular flexibility index (Phi) is 3.69. The first kappa shape index (κ1) is 12.8. The summed E-state index contributed by atoms with van der Waals surface area (Å²) < 4.78 is 0. The van der Waals surface area contributed by atoms with E-state index in [0.717, 1.165) is 17.9 Å². The van der Waals surface area contributed by atoms with E-state index in [9.17, 15) is 5.11 Å². The lowest BCUT2D eigenvalue weighted by molar-refractivity contribution is 0.110. The molecule has 2 nitrogen and oxygen atoms in total. The molecular formula is C14H21NOS. The zero-order chi connectivity index (χ0) is 12.4. The standard InChI is InChI=1S/C14H21NOS/c1-13(2)8-9-17-11-14(13,10-16)15-12-6-4-3-5-7-12/h3-7,15-16H,8-11H2,1-2H3. The van der Waals surface area contributed by atoms with Crippen molar-refractivity contribution < 1.29 is 5.11 Å². The van der Waals surface area contributed by atoms with Gasteiger partial charge in [-0.2, -0.15) is 11.8 Å². The number of thioether (sulfide) groups is 1. The van der Waals surface area contributed by atoms with Gasteiger partial charge in [0.1, 0.15) is 0 Å². The Morgan fingerprint density at radius 3 is 2.59 bits per heavy atom. The van der Waals surface area contributed by atoms with Gasteiger partial charge >= 0.3 is 0 Å². The summed E-state index contributed by atoms with van der Waals surface area (Å²) in [6.07, 6.45) is 1.14. The molecule has 1 saturated heterocycles. The van der Waals surface area contributed by atoms with Gasteiger partial charge in [0.15, 0.2) is 0 Å². The lowest BCUT2D eigenvalue weighted by Gasteiger charge is -2.50. The Bertz CT molecular complexity index is 366. The molecular weight excluding hydrogens is 230 g/mol. The minimum Gasteiger partial charge on any atom is -0.394 e. The van der Waals surface area contributed by atoms with Crippen molar-refractivity contribution in [1.82, 2.24) is 0 Å². The molecule has 1 aromatic rings. The summed E-state index contributed by atoms with van der Waals surface area (Å²) in [5.41, 5.74) is 0.997. The third kappa shape index (κ3) is 2.45. The number of aliphatic hydroxyl groups excluding tert-OH is 1. The fourth-order valence-electron chi connectivity index (χ4n) is 2.31. The summed E-state index contributed by atoms with van der Waals surface area (Å²) in [6, 6.07) is 10.2. The largest absolute Gasteiger partial charge is 0.394 e. The van der Waals surface area contributed by atoms with Crippen molar-refractivity contribution in [3.05, 3.63) is 30.3 Å². The smallest absolute Gasteiger partial charge is 0.0744 e. The third-order valence-corrected chi connectivity index (χ3v) is 5.13. The van der Waals surface area contributed by atoms with E-state index in [1.165, 1.54) is 5.75 Å². The second kappa shape index (κ2) is 4.91. The van der Waals surface area contributed by atoms with Crippen LogP contribution in [0.15, 0.2) is 30.3 Å². The highest BCUT2D eigenvalue weighted by Crippen LogP contribution is 2.43. The summed E-state index contributed by atoms with van der Waals surface area (Å²) >= 11 is 1.93. The molecule has 1 aliphatic rings. The number of benzene rings is 1. The first-order valence-electron chi connectivity index (χ1n) is 6.11. The highest BCUT2D eigenvalue weighted by molar-refractivity contribution is 7.99. The van der Waals surface area contributed by atoms with Gasteiger partial charge in [0.05, 0.1) is 12.1 Å². The molecule has 94 valence electrons. The van der Waals surface area contributed by atoms with Gasteiger partial charge in [0, 0.05) is 11.4 Å². The van der Waals surface area contributed by atoms with E-state index >= 15 is 0 Å². The van der Waals surface area contributed by atoms with E-state index in [1.807, 2.05) is 30.0 Å². The van der Waals surface area contributed by atoms with Gasteiger partial charge in [0.25, 0.3) is 0 Å². The molecule has 0 spiro atoms. The molecule has 0 bridgehead atoms. The van der Waals surface area contributed by atoms with Crippen molar-refractivity contribution in [2.45, 2.75) is 25.8 Å². The van der Waals surface area contributed by atoms with E-state index in [1.54, 1.807) is 0 Å². The maximum Gasteiger partial charge on any atom is 0.0744 e. The quantitative estimate of drug-likeness (QED) is 0.866. The summed E-state index contributed by atoms with van der Waals surface area (Å²) in [5.74, 6) is 2.15. The topological polar surface area (TPSA) is 32.3 Å². The monoisotopic (exact) mass is 251 g/mol. The molecule has 1 fully saturated rings. The van der Waals surface area contributed by atoms with E-state index < -0.39 is 0 Å². The molecule has 1 heterocycles. The van der Waals surface area contributed by atoms with Crippen LogP contribution in [0.3, 0.4) is 0 Å². The molecule has 2 rings (SSSR count). The lowest BCUT2D eigenvalue weighted by atomic mass is 9.71.